The number of rotatable bonds is 10. The molecule has 2 amide bonds. The fraction of sp³-hybridized carbons (Fsp3) is 0.324. The summed E-state index contributed by atoms with van der Waals surface area (Å²) in [4.78, 5) is 33.2. The van der Waals surface area contributed by atoms with Gasteiger partial charge < -0.3 is 29.6 Å². The van der Waals surface area contributed by atoms with Gasteiger partial charge in [-0.1, -0.05) is 11.0 Å². The molecule has 4 heterocycles. The van der Waals surface area contributed by atoms with Crippen LogP contribution in [0.2, 0.25) is 0 Å². The molecule has 3 N–H and O–H groups in total. The normalized spacial score (nSPS) is 17.9. The summed E-state index contributed by atoms with van der Waals surface area (Å²) in [6.45, 7) is 6.42. The van der Waals surface area contributed by atoms with Crippen LogP contribution in [-0.4, -0.2) is 101 Å². The Morgan fingerprint density at radius 1 is 1.00 bits per heavy atom. The lowest BCUT2D eigenvalue weighted by molar-refractivity contribution is -0.133. The Labute approximate surface area is 290 Å². The van der Waals surface area contributed by atoms with Gasteiger partial charge in [0.2, 0.25) is 17.7 Å². The molecule has 0 bridgehead atoms. The number of aromatic nitrogens is 4. The molecule has 2 aliphatic rings. The number of H-pyrrole nitrogens is 1. The number of benzene rings is 3. The number of piperazine rings is 1. The molecule has 13 nitrogen and oxygen atoms in total. The predicted octanol–water partition coefficient (Wildman–Crippen LogP) is 4.33. The lowest BCUT2D eigenvalue weighted by Crippen LogP contribution is -2.51. The van der Waals surface area contributed by atoms with Gasteiger partial charge in [0.1, 0.15) is 11.2 Å². The number of nitrogens with one attached hydrogen (secondary N) is 3. The highest BCUT2D eigenvalue weighted by molar-refractivity contribution is 6.01. The van der Waals surface area contributed by atoms with Crippen LogP contribution in [0, 0.1) is 17.8 Å². The molecule has 3 aromatic carbocycles. The van der Waals surface area contributed by atoms with E-state index in [1.807, 2.05) is 83.5 Å². The van der Waals surface area contributed by atoms with Gasteiger partial charge in [0, 0.05) is 73.7 Å². The van der Waals surface area contributed by atoms with Crippen molar-refractivity contribution in [2.24, 2.45) is 5.41 Å². The van der Waals surface area contributed by atoms with E-state index in [1.165, 1.54) is 0 Å². The number of ether oxygens (including phenoxy) is 1. The topological polar surface area (TPSA) is 145 Å². The minimum Gasteiger partial charge on any atom is -0.497 e. The first kappa shape index (κ1) is 32.7. The van der Waals surface area contributed by atoms with Crippen molar-refractivity contribution in [3.05, 3.63) is 66.7 Å². The quantitative estimate of drug-likeness (QED) is 0.183. The Balaban J connectivity index is 0.927. The number of fused-ring (bicyclic) bond motifs is 1. The zero-order valence-corrected chi connectivity index (χ0v) is 28.1. The number of terminal acetylenes is 1. The fourth-order valence-corrected chi connectivity index (χ4v) is 6.59. The van der Waals surface area contributed by atoms with E-state index < -0.39 is 5.41 Å². The molecule has 2 aromatic heterocycles. The number of hydrogen-bond donors (Lipinski definition) is 3. The minimum atomic E-state index is -1.04. The smallest absolute Gasteiger partial charge is 0.315 e. The third-order valence-corrected chi connectivity index (χ3v) is 9.47. The van der Waals surface area contributed by atoms with Crippen molar-refractivity contribution in [1.82, 2.24) is 30.2 Å². The van der Waals surface area contributed by atoms with Crippen molar-refractivity contribution in [3.63, 3.8) is 0 Å². The van der Waals surface area contributed by atoms with E-state index in [4.69, 9.17) is 15.6 Å². The van der Waals surface area contributed by atoms with Gasteiger partial charge >= 0.3 is 6.01 Å². The number of nitrogens with zero attached hydrogens (tertiary/aromatic N) is 6. The van der Waals surface area contributed by atoms with Gasteiger partial charge in [0.05, 0.1) is 24.9 Å². The van der Waals surface area contributed by atoms with Crippen LogP contribution in [0.5, 0.6) is 5.75 Å². The maximum absolute atomic E-state index is 13.7. The van der Waals surface area contributed by atoms with Crippen LogP contribution < -0.4 is 20.3 Å². The summed E-state index contributed by atoms with van der Waals surface area (Å²) in [5, 5.41) is 22.6. The summed E-state index contributed by atoms with van der Waals surface area (Å²) in [6.07, 6.45) is 6.47. The van der Waals surface area contributed by atoms with Gasteiger partial charge in [-0.15, -0.1) is 11.5 Å². The van der Waals surface area contributed by atoms with Gasteiger partial charge in [-0.2, -0.15) is 5.10 Å². The van der Waals surface area contributed by atoms with Crippen molar-refractivity contribution >= 4 is 40.1 Å². The van der Waals surface area contributed by atoms with Crippen molar-refractivity contribution in [2.75, 3.05) is 75.0 Å². The van der Waals surface area contributed by atoms with Crippen molar-refractivity contribution < 1.29 is 18.7 Å². The Hall–Kier alpha value is -5.87. The van der Waals surface area contributed by atoms with Crippen LogP contribution in [0.15, 0.2) is 71.1 Å². The molecule has 0 saturated carbocycles. The third kappa shape index (κ3) is 6.57. The fourth-order valence-electron chi connectivity index (χ4n) is 6.59. The van der Waals surface area contributed by atoms with Crippen LogP contribution in [0.3, 0.4) is 0 Å². The average molecular weight is 674 g/mol. The van der Waals surface area contributed by atoms with E-state index in [2.05, 4.69) is 41.8 Å². The number of amides is 2. The lowest BCUT2D eigenvalue weighted by Gasteiger charge is -2.36. The molecule has 0 aliphatic carbocycles. The number of anilines is 3. The SMILES string of the molecule is C#CC1(C(=O)Nc2ccc3[nH]nc(-c4ccc(OC)cc4)c3c2)CCN(CC(=O)N2CCN(c3ccc(-c4nnc(NCC)o4)cc3)CC2)C1. The molecule has 2 fully saturated rings. The van der Waals surface area contributed by atoms with Gasteiger partial charge in [-0.3, -0.25) is 19.6 Å². The molecule has 2 saturated heterocycles. The van der Waals surface area contributed by atoms with Gasteiger partial charge in [-0.25, -0.2) is 0 Å². The van der Waals surface area contributed by atoms with Gasteiger partial charge in [-0.05, 0) is 80.1 Å². The van der Waals surface area contributed by atoms with Crippen molar-refractivity contribution in [3.8, 4) is 40.8 Å². The summed E-state index contributed by atoms with van der Waals surface area (Å²) in [5.41, 5.74) is 4.05. The molecule has 256 valence electrons. The Morgan fingerprint density at radius 2 is 1.76 bits per heavy atom. The summed E-state index contributed by atoms with van der Waals surface area (Å²) in [5.74, 6) is 3.79. The zero-order chi connectivity index (χ0) is 34.7. The lowest BCUT2D eigenvalue weighted by atomic mass is 9.87. The van der Waals surface area contributed by atoms with E-state index in [0.29, 0.717) is 69.8 Å². The van der Waals surface area contributed by atoms with Crippen LogP contribution in [0.25, 0.3) is 33.6 Å². The van der Waals surface area contributed by atoms with Crippen molar-refractivity contribution in [1.29, 1.82) is 0 Å². The first-order chi connectivity index (χ1) is 24.4. The average Bonchev–Trinajstić information content (AvgIpc) is 3.91. The standard InChI is InChI=1S/C37H39N9O4/c1-4-37(35(48)39-27-10-15-31-30(22-27)33(41-40-31)25-8-13-29(49-3)14-9-25)16-17-44(24-37)23-32(47)46-20-18-45(19-21-46)28-11-6-26(7-12-28)34-42-43-36(50-34)38-5-2/h1,6-15,22H,5,16-21,23-24H2,2-3H3,(H,38,43)(H,39,48)(H,40,41). The maximum Gasteiger partial charge on any atom is 0.315 e. The first-order valence-electron chi connectivity index (χ1n) is 16.7. The van der Waals surface area contributed by atoms with Crippen LogP contribution in [-0.2, 0) is 9.59 Å². The summed E-state index contributed by atoms with van der Waals surface area (Å²) in [7, 11) is 1.63. The van der Waals surface area contributed by atoms with Crippen molar-refractivity contribution in [2.45, 2.75) is 13.3 Å². The molecule has 1 atom stereocenters. The van der Waals surface area contributed by atoms with Crippen LogP contribution in [0.4, 0.5) is 17.4 Å². The summed E-state index contributed by atoms with van der Waals surface area (Å²) >= 11 is 0. The van der Waals surface area contributed by atoms with Crippen LogP contribution in [0.1, 0.15) is 13.3 Å². The molecular formula is C37H39N9O4. The van der Waals surface area contributed by atoms with E-state index in [0.717, 1.165) is 39.2 Å². The van der Waals surface area contributed by atoms with E-state index in [1.54, 1.807) is 7.11 Å². The second kappa shape index (κ2) is 13.9. The second-order valence-electron chi connectivity index (χ2n) is 12.6. The maximum atomic E-state index is 13.7. The number of hydrogen-bond acceptors (Lipinski definition) is 10. The van der Waals surface area contributed by atoms with Gasteiger partial charge in [0.25, 0.3) is 0 Å². The zero-order valence-electron chi connectivity index (χ0n) is 28.1. The number of carbonyl (C=O) groups is 2. The third-order valence-electron chi connectivity index (χ3n) is 9.47. The second-order valence-corrected chi connectivity index (χ2v) is 12.6. The molecule has 5 aromatic rings. The molecule has 1 unspecified atom stereocenters. The number of methoxy groups -OCH3 is 1. The highest BCUT2D eigenvalue weighted by atomic mass is 16.5. The summed E-state index contributed by atoms with van der Waals surface area (Å²) < 4.78 is 10.9. The molecule has 2 aliphatic heterocycles. The molecular weight excluding hydrogens is 634 g/mol. The highest BCUT2D eigenvalue weighted by Crippen LogP contribution is 2.34. The van der Waals surface area contributed by atoms with Gasteiger partial charge in [0.15, 0.2) is 0 Å². The predicted molar refractivity (Wildman–Crippen MR) is 192 cm³/mol. The Bertz CT molecular complexity index is 2020. The monoisotopic (exact) mass is 673 g/mol. The largest absolute Gasteiger partial charge is 0.497 e. The highest BCUT2D eigenvalue weighted by Gasteiger charge is 2.44. The van der Waals surface area contributed by atoms with Crippen LogP contribution >= 0.6 is 0 Å². The molecule has 0 radical (unpaired) electrons. The number of likely N-dealkylation sites (tertiary alicyclic amines) is 1. The Kier molecular flexibility index (Phi) is 9.10. The summed E-state index contributed by atoms with van der Waals surface area (Å²) in [6, 6.07) is 21.7. The van der Waals surface area contributed by atoms with E-state index >= 15 is 0 Å². The Morgan fingerprint density at radius 3 is 2.48 bits per heavy atom. The van der Waals surface area contributed by atoms with E-state index in [9.17, 15) is 9.59 Å². The number of carbonyl (C=O) groups excluding carboxylic acids is 2. The first-order valence-corrected chi connectivity index (χ1v) is 16.7. The number of aromatic amines is 1. The molecule has 50 heavy (non-hydrogen) atoms. The minimum absolute atomic E-state index is 0.0394. The molecule has 13 heteroatoms. The van der Waals surface area contributed by atoms with E-state index in [-0.39, 0.29) is 18.4 Å². The molecule has 0 spiro atoms. The molecule has 7 rings (SSSR count).